The Labute approximate surface area is 132 Å². The molecule has 1 saturated heterocycles. The maximum Gasteiger partial charge on any atom is 0.229 e. The molecule has 0 aliphatic carbocycles. The zero-order valence-corrected chi connectivity index (χ0v) is 13.2. The molecule has 1 aliphatic heterocycles. The van der Waals surface area contributed by atoms with E-state index in [1.54, 1.807) is 7.05 Å². The Bertz CT molecular complexity index is 539. The minimum atomic E-state index is 0.0839. The van der Waals surface area contributed by atoms with Crippen molar-refractivity contribution in [3.63, 3.8) is 0 Å². The van der Waals surface area contributed by atoms with E-state index in [2.05, 4.69) is 21.7 Å². The van der Waals surface area contributed by atoms with Crippen LogP contribution in [0.2, 0.25) is 0 Å². The maximum absolute atomic E-state index is 12.2. The average Bonchev–Trinajstić information content (AvgIpc) is 2.91. The Morgan fingerprint density at radius 1 is 1.41 bits per heavy atom. The van der Waals surface area contributed by atoms with E-state index in [1.807, 2.05) is 48.2 Å². The molecule has 2 N–H and O–H groups in total. The van der Waals surface area contributed by atoms with Gasteiger partial charge < -0.3 is 15.5 Å². The molecule has 1 aromatic rings. The van der Waals surface area contributed by atoms with Crippen LogP contribution in [0, 0.1) is 0 Å². The van der Waals surface area contributed by atoms with Gasteiger partial charge in [0.1, 0.15) is 0 Å². The summed E-state index contributed by atoms with van der Waals surface area (Å²) >= 11 is 0. The number of rotatable bonds is 5. The molecule has 1 aliphatic rings. The predicted octanol–water partition coefficient (Wildman–Crippen LogP) is 1.92. The first-order valence-corrected chi connectivity index (χ1v) is 7.68. The van der Waals surface area contributed by atoms with Gasteiger partial charge in [-0.15, -0.1) is 0 Å². The second kappa shape index (κ2) is 8.22. The highest BCUT2D eigenvalue weighted by Gasteiger charge is 2.30. The van der Waals surface area contributed by atoms with Crippen molar-refractivity contribution in [2.75, 3.05) is 25.0 Å². The van der Waals surface area contributed by atoms with Gasteiger partial charge in [0, 0.05) is 32.2 Å². The highest BCUT2D eigenvalue weighted by molar-refractivity contribution is 5.97. The van der Waals surface area contributed by atoms with Crippen molar-refractivity contribution in [3.05, 3.63) is 42.5 Å². The van der Waals surface area contributed by atoms with E-state index in [1.165, 1.54) is 0 Å². The summed E-state index contributed by atoms with van der Waals surface area (Å²) in [6.45, 7) is 3.50. The molecule has 0 spiro atoms. The number of anilines is 1. The van der Waals surface area contributed by atoms with E-state index >= 15 is 0 Å². The highest BCUT2D eigenvalue weighted by atomic mass is 16.2. The van der Waals surface area contributed by atoms with Crippen LogP contribution in [-0.2, 0) is 4.79 Å². The Kier molecular flexibility index (Phi) is 6.01. The molecule has 1 aromatic carbocycles. The second-order valence-electron chi connectivity index (χ2n) is 5.24. The van der Waals surface area contributed by atoms with Crippen molar-refractivity contribution < 1.29 is 4.79 Å². The van der Waals surface area contributed by atoms with Gasteiger partial charge in [0.25, 0.3) is 0 Å². The summed E-state index contributed by atoms with van der Waals surface area (Å²) in [6, 6.07) is 9.86. The molecule has 5 heteroatoms. The van der Waals surface area contributed by atoms with Crippen LogP contribution < -0.4 is 15.5 Å². The molecule has 2 rings (SSSR count). The molecule has 1 amide bonds. The SMILES string of the molecule is C/C=C/CCNC(=NC)NC1CC(=O)N(c2ccccc2)C1. The summed E-state index contributed by atoms with van der Waals surface area (Å²) in [4.78, 5) is 18.2. The maximum atomic E-state index is 12.2. The first-order valence-electron chi connectivity index (χ1n) is 7.68. The van der Waals surface area contributed by atoms with Crippen LogP contribution in [0.5, 0.6) is 0 Å². The number of carbonyl (C=O) groups excluding carboxylic acids is 1. The molecular formula is C17H24N4O. The zero-order chi connectivity index (χ0) is 15.8. The molecular weight excluding hydrogens is 276 g/mol. The van der Waals surface area contributed by atoms with Gasteiger partial charge in [-0.1, -0.05) is 30.4 Å². The van der Waals surface area contributed by atoms with Gasteiger partial charge in [-0.25, -0.2) is 0 Å². The van der Waals surface area contributed by atoms with Crippen LogP contribution in [0.3, 0.4) is 0 Å². The molecule has 0 radical (unpaired) electrons. The van der Waals surface area contributed by atoms with Crippen LogP contribution in [-0.4, -0.2) is 38.0 Å². The average molecular weight is 300 g/mol. The van der Waals surface area contributed by atoms with Gasteiger partial charge in [-0.3, -0.25) is 9.79 Å². The fourth-order valence-corrected chi connectivity index (χ4v) is 2.49. The fraction of sp³-hybridized carbons (Fsp3) is 0.412. The van der Waals surface area contributed by atoms with E-state index in [9.17, 15) is 4.79 Å². The number of para-hydroxylation sites is 1. The van der Waals surface area contributed by atoms with Crippen LogP contribution >= 0.6 is 0 Å². The molecule has 0 aromatic heterocycles. The minimum absolute atomic E-state index is 0.0839. The lowest BCUT2D eigenvalue weighted by Gasteiger charge is -2.18. The molecule has 0 saturated carbocycles. The van der Waals surface area contributed by atoms with Crippen molar-refractivity contribution in [2.24, 2.45) is 4.99 Å². The standard InChI is InChI=1S/C17H24N4O/c1-3-4-8-11-19-17(18-2)20-14-12-16(22)21(13-14)15-9-6-5-7-10-15/h3-7,9-10,14H,8,11-13H2,1-2H3,(H2,18,19,20)/b4-3+. The number of hydrogen-bond donors (Lipinski definition) is 2. The van der Waals surface area contributed by atoms with Crippen molar-refractivity contribution >= 4 is 17.6 Å². The van der Waals surface area contributed by atoms with Gasteiger partial charge in [0.05, 0.1) is 6.04 Å². The third-order valence-corrected chi connectivity index (χ3v) is 3.60. The van der Waals surface area contributed by atoms with Crippen LogP contribution in [0.1, 0.15) is 19.8 Å². The van der Waals surface area contributed by atoms with E-state index < -0.39 is 0 Å². The lowest BCUT2D eigenvalue weighted by molar-refractivity contribution is -0.117. The van der Waals surface area contributed by atoms with E-state index in [0.717, 1.165) is 24.6 Å². The normalized spacial score (nSPS) is 19.0. The van der Waals surface area contributed by atoms with Gasteiger partial charge in [0.2, 0.25) is 5.91 Å². The summed E-state index contributed by atoms with van der Waals surface area (Å²) in [5.74, 6) is 0.894. The molecule has 1 unspecified atom stereocenters. The lowest BCUT2D eigenvalue weighted by Crippen LogP contribution is -2.44. The Morgan fingerprint density at radius 2 is 2.18 bits per heavy atom. The van der Waals surface area contributed by atoms with E-state index in [4.69, 9.17) is 0 Å². The second-order valence-corrected chi connectivity index (χ2v) is 5.24. The number of benzene rings is 1. The van der Waals surface area contributed by atoms with Crippen LogP contribution in [0.15, 0.2) is 47.5 Å². The summed E-state index contributed by atoms with van der Waals surface area (Å²) < 4.78 is 0. The summed E-state index contributed by atoms with van der Waals surface area (Å²) in [7, 11) is 1.75. The molecule has 0 bridgehead atoms. The number of nitrogens with one attached hydrogen (secondary N) is 2. The number of carbonyl (C=O) groups is 1. The van der Waals surface area contributed by atoms with E-state index in [-0.39, 0.29) is 11.9 Å². The number of aliphatic imine (C=N–C) groups is 1. The number of guanidine groups is 1. The van der Waals surface area contributed by atoms with Crippen LogP contribution in [0.4, 0.5) is 5.69 Å². The van der Waals surface area contributed by atoms with Gasteiger partial charge in [0.15, 0.2) is 5.96 Å². The predicted molar refractivity (Wildman–Crippen MR) is 91.1 cm³/mol. The Hall–Kier alpha value is -2.30. The van der Waals surface area contributed by atoms with Gasteiger partial charge in [-0.2, -0.15) is 0 Å². The number of hydrogen-bond acceptors (Lipinski definition) is 2. The van der Waals surface area contributed by atoms with Crippen molar-refractivity contribution in [1.29, 1.82) is 0 Å². The van der Waals surface area contributed by atoms with E-state index in [0.29, 0.717) is 13.0 Å². The summed E-state index contributed by atoms with van der Waals surface area (Å²) in [6.07, 6.45) is 5.59. The smallest absolute Gasteiger partial charge is 0.229 e. The lowest BCUT2D eigenvalue weighted by atomic mass is 10.2. The van der Waals surface area contributed by atoms with Gasteiger partial charge in [-0.05, 0) is 25.5 Å². The quantitative estimate of drug-likeness (QED) is 0.378. The van der Waals surface area contributed by atoms with Crippen LogP contribution in [0.25, 0.3) is 0 Å². The molecule has 1 fully saturated rings. The van der Waals surface area contributed by atoms with Crippen molar-refractivity contribution in [2.45, 2.75) is 25.8 Å². The minimum Gasteiger partial charge on any atom is -0.356 e. The Balaban J connectivity index is 1.87. The molecule has 5 nitrogen and oxygen atoms in total. The molecule has 1 atom stereocenters. The van der Waals surface area contributed by atoms with Crippen molar-refractivity contribution in [1.82, 2.24) is 10.6 Å². The molecule has 1 heterocycles. The monoisotopic (exact) mass is 300 g/mol. The fourth-order valence-electron chi connectivity index (χ4n) is 2.49. The number of nitrogens with zero attached hydrogens (tertiary/aromatic N) is 2. The van der Waals surface area contributed by atoms with Gasteiger partial charge >= 0.3 is 0 Å². The van der Waals surface area contributed by atoms with Crippen molar-refractivity contribution in [3.8, 4) is 0 Å². The Morgan fingerprint density at radius 3 is 2.86 bits per heavy atom. The third-order valence-electron chi connectivity index (χ3n) is 3.60. The zero-order valence-electron chi connectivity index (χ0n) is 13.2. The molecule has 118 valence electrons. The molecule has 22 heavy (non-hydrogen) atoms. The summed E-state index contributed by atoms with van der Waals surface area (Å²) in [5.41, 5.74) is 0.952. The number of allylic oxidation sites excluding steroid dienone is 1. The summed E-state index contributed by atoms with van der Waals surface area (Å²) in [5, 5.41) is 6.58. The first kappa shape index (κ1) is 16.1. The highest BCUT2D eigenvalue weighted by Crippen LogP contribution is 2.20. The largest absolute Gasteiger partial charge is 0.356 e. The topological polar surface area (TPSA) is 56.7 Å². The third kappa shape index (κ3) is 4.35. The number of amides is 1. The first-order chi connectivity index (χ1) is 10.7.